The van der Waals surface area contributed by atoms with Gasteiger partial charge < -0.3 is 5.73 Å². The van der Waals surface area contributed by atoms with Gasteiger partial charge in [-0.3, -0.25) is 4.98 Å². The highest BCUT2D eigenvalue weighted by Crippen LogP contribution is 2.27. The summed E-state index contributed by atoms with van der Waals surface area (Å²) in [6.07, 6.45) is 1.79. The van der Waals surface area contributed by atoms with Crippen molar-refractivity contribution < 1.29 is 0 Å². The lowest BCUT2D eigenvalue weighted by Crippen LogP contribution is -1.96. The molecule has 15 heavy (non-hydrogen) atoms. The summed E-state index contributed by atoms with van der Waals surface area (Å²) in [5.74, 6) is 0. The van der Waals surface area contributed by atoms with Crippen molar-refractivity contribution in [3.8, 4) is 11.3 Å². The minimum Gasteiger partial charge on any atom is -0.326 e. The molecular formula is C12H11BrN2. The second-order valence-corrected chi connectivity index (χ2v) is 4.09. The molecule has 0 unspecified atom stereocenters. The molecule has 0 aliphatic heterocycles. The summed E-state index contributed by atoms with van der Waals surface area (Å²) in [6, 6.07) is 11.9. The Bertz CT molecular complexity index is 454. The fourth-order valence-corrected chi connectivity index (χ4v) is 1.87. The van der Waals surface area contributed by atoms with Crippen LogP contribution in [0.5, 0.6) is 0 Å². The molecule has 1 aromatic carbocycles. The number of hydrogen-bond donors (Lipinski definition) is 1. The smallest absolute Gasteiger partial charge is 0.0713 e. The first-order valence-corrected chi connectivity index (χ1v) is 5.50. The lowest BCUT2D eigenvalue weighted by atomic mass is 10.1. The highest BCUT2D eigenvalue weighted by atomic mass is 79.9. The Hall–Kier alpha value is -1.19. The molecule has 0 spiro atoms. The maximum absolute atomic E-state index is 5.61. The van der Waals surface area contributed by atoms with Crippen LogP contribution in [-0.2, 0) is 6.54 Å². The molecule has 0 bridgehead atoms. The molecule has 2 N–H and O–H groups in total. The molecule has 0 radical (unpaired) electrons. The Morgan fingerprint density at radius 1 is 1.20 bits per heavy atom. The second-order valence-electron chi connectivity index (χ2n) is 3.23. The predicted octanol–water partition coefficient (Wildman–Crippen LogP) is 2.97. The number of rotatable bonds is 2. The molecule has 0 atom stereocenters. The number of hydrogen-bond acceptors (Lipinski definition) is 2. The molecular weight excluding hydrogens is 252 g/mol. The molecule has 76 valence electrons. The van der Waals surface area contributed by atoms with E-state index < -0.39 is 0 Å². The molecule has 0 saturated carbocycles. The van der Waals surface area contributed by atoms with E-state index in [2.05, 4.69) is 27.0 Å². The topological polar surface area (TPSA) is 38.9 Å². The van der Waals surface area contributed by atoms with E-state index in [9.17, 15) is 0 Å². The first-order chi connectivity index (χ1) is 7.31. The van der Waals surface area contributed by atoms with Crippen molar-refractivity contribution in [2.45, 2.75) is 6.54 Å². The van der Waals surface area contributed by atoms with Crippen LogP contribution in [0.2, 0.25) is 0 Å². The standard InChI is InChI=1S/C12H11BrN2/c13-11-5-4-9(8-14)7-10(11)12-3-1-2-6-15-12/h1-7H,8,14H2. The van der Waals surface area contributed by atoms with Crippen LogP contribution in [0, 0.1) is 0 Å². The van der Waals surface area contributed by atoms with Gasteiger partial charge in [0.2, 0.25) is 0 Å². The van der Waals surface area contributed by atoms with E-state index in [1.165, 1.54) is 0 Å². The Morgan fingerprint density at radius 3 is 2.73 bits per heavy atom. The van der Waals surface area contributed by atoms with Crippen LogP contribution in [0.25, 0.3) is 11.3 Å². The summed E-state index contributed by atoms with van der Waals surface area (Å²) in [7, 11) is 0. The zero-order valence-electron chi connectivity index (χ0n) is 8.15. The van der Waals surface area contributed by atoms with Crippen LogP contribution >= 0.6 is 15.9 Å². The minimum absolute atomic E-state index is 0.549. The van der Waals surface area contributed by atoms with Gasteiger partial charge in [0.1, 0.15) is 0 Å². The van der Waals surface area contributed by atoms with E-state index in [1.54, 1.807) is 6.20 Å². The third kappa shape index (κ3) is 2.25. The monoisotopic (exact) mass is 262 g/mol. The minimum atomic E-state index is 0.549. The largest absolute Gasteiger partial charge is 0.326 e. The van der Waals surface area contributed by atoms with Crippen molar-refractivity contribution in [1.29, 1.82) is 0 Å². The van der Waals surface area contributed by atoms with Crippen molar-refractivity contribution in [2.75, 3.05) is 0 Å². The van der Waals surface area contributed by atoms with E-state index in [0.29, 0.717) is 6.54 Å². The molecule has 0 aliphatic rings. The highest BCUT2D eigenvalue weighted by molar-refractivity contribution is 9.10. The average molecular weight is 263 g/mol. The van der Waals surface area contributed by atoms with Gasteiger partial charge in [0.15, 0.2) is 0 Å². The van der Waals surface area contributed by atoms with Gasteiger partial charge in [-0.1, -0.05) is 28.1 Å². The third-order valence-corrected chi connectivity index (χ3v) is 2.90. The quantitative estimate of drug-likeness (QED) is 0.904. The van der Waals surface area contributed by atoms with Gasteiger partial charge in [0, 0.05) is 22.8 Å². The summed E-state index contributed by atoms with van der Waals surface area (Å²) < 4.78 is 1.04. The van der Waals surface area contributed by atoms with Gasteiger partial charge in [-0.25, -0.2) is 0 Å². The zero-order chi connectivity index (χ0) is 10.7. The first kappa shape index (κ1) is 10.3. The van der Waals surface area contributed by atoms with Crippen molar-refractivity contribution in [3.05, 3.63) is 52.6 Å². The maximum atomic E-state index is 5.61. The molecule has 2 rings (SSSR count). The molecule has 2 aromatic rings. The van der Waals surface area contributed by atoms with Gasteiger partial charge in [-0.15, -0.1) is 0 Å². The van der Waals surface area contributed by atoms with Crippen molar-refractivity contribution in [1.82, 2.24) is 4.98 Å². The van der Waals surface area contributed by atoms with Gasteiger partial charge in [-0.05, 0) is 29.8 Å². The van der Waals surface area contributed by atoms with Crippen molar-refractivity contribution in [3.63, 3.8) is 0 Å². The van der Waals surface area contributed by atoms with E-state index in [1.807, 2.05) is 30.3 Å². The molecule has 0 fully saturated rings. The number of aromatic nitrogens is 1. The fourth-order valence-electron chi connectivity index (χ4n) is 1.42. The Morgan fingerprint density at radius 2 is 2.07 bits per heavy atom. The number of nitrogens with zero attached hydrogens (tertiary/aromatic N) is 1. The number of pyridine rings is 1. The summed E-state index contributed by atoms with van der Waals surface area (Å²) in [5, 5.41) is 0. The highest BCUT2D eigenvalue weighted by Gasteiger charge is 2.04. The Labute approximate surface area is 97.3 Å². The summed E-state index contributed by atoms with van der Waals surface area (Å²) in [6.45, 7) is 0.549. The Kier molecular flexibility index (Phi) is 3.14. The fraction of sp³-hybridized carbons (Fsp3) is 0.0833. The molecule has 3 heteroatoms. The van der Waals surface area contributed by atoms with E-state index in [0.717, 1.165) is 21.3 Å². The molecule has 0 aliphatic carbocycles. The van der Waals surface area contributed by atoms with Gasteiger partial charge in [0.25, 0.3) is 0 Å². The SMILES string of the molecule is NCc1ccc(Br)c(-c2ccccn2)c1. The molecule has 2 nitrogen and oxygen atoms in total. The summed E-state index contributed by atoms with van der Waals surface area (Å²) in [4.78, 5) is 4.31. The van der Waals surface area contributed by atoms with E-state index in [4.69, 9.17) is 5.73 Å². The first-order valence-electron chi connectivity index (χ1n) is 4.71. The lowest BCUT2D eigenvalue weighted by molar-refractivity contribution is 1.07. The Balaban J connectivity index is 2.52. The summed E-state index contributed by atoms with van der Waals surface area (Å²) >= 11 is 3.52. The van der Waals surface area contributed by atoms with Crippen molar-refractivity contribution in [2.24, 2.45) is 5.73 Å². The molecule has 1 aromatic heterocycles. The average Bonchev–Trinajstić information content (AvgIpc) is 2.31. The van der Waals surface area contributed by atoms with Crippen LogP contribution in [0.1, 0.15) is 5.56 Å². The van der Waals surface area contributed by atoms with Crippen LogP contribution in [0.3, 0.4) is 0 Å². The van der Waals surface area contributed by atoms with E-state index >= 15 is 0 Å². The van der Waals surface area contributed by atoms with Crippen LogP contribution in [0.15, 0.2) is 47.1 Å². The van der Waals surface area contributed by atoms with Crippen LogP contribution in [-0.4, -0.2) is 4.98 Å². The van der Waals surface area contributed by atoms with Crippen LogP contribution in [0.4, 0.5) is 0 Å². The predicted molar refractivity (Wildman–Crippen MR) is 65.3 cm³/mol. The molecule has 0 saturated heterocycles. The van der Waals surface area contributed by atoms with Gasteiger partial charge >= 0.3 is 0 Å². The van der Waals surface area contributed by atoms with Crippen LogP contribution < -0.4 is 5.73 Å². The third-order valence-electron chi connectivity index (χ3n) is 2.21. The zero-order valence-corrected chi connectivity index (χ0v) is 9.74. The van der Waals surface area contributed by atoms with Crippen molar-refractivity contribution >= 4 is 15.9 Å². The molecule has 0 amide bonds. The lowest BCUT2D eigenvalue weighted by Gasteiger charge is -2.05. The molecule has 1 heterocycles. The normalized spacial score (nSPS) is 10.3. The van der Waals surface area contributed by atoms with Gasteiger partial charge in [-0.2, -0.15) is 0 Å². The second kappa shape index (κ2) is 4.55. The number of benzene rings is 1. The number of nitrogens with two attached hydrogens (primary N) is 1. The summed E-state index contributed by atoms with van der Waals surface area (Å²) in [5.41, 5.74) is 8.76. The number of halogens is 1. The van der Waals surface area contributed by atoms with E-state index in [-0.39, 0.29) is 0 Å². The maximum Gasteiger partial charge on any atom is 0.0713 e. The van der Waals surface area contributed by atoms with Gasteiger partial charge in [0.05, 0.1) is 5.69 Å².